The first-order valence-corrected chi connectivity index (χ1v) is 6.21. The van der Waals surface area contributed by atoms with E-state index in [9.17, 15) is 0 Å². The molecule has 0 aliphatic heterocycles. The van der Waals surface area contributed by atoms with Crippen molar-refractivity contribution in [3.8, 4) is 0 Å². The molecule has 2 rings (SSSR count). The van der Waals surface area contributed by atoms with Crippen LogP contribution >= 0.6 is 0 Å². The van der Waals surface area contributed by atoms with Gasteiger partial charge in [-0.2, -0.15) is 0 Å². The Morgan fingerprint density at radius 3 is 2.76 bits per heavy atom. The second-order valence-electron chi connectivity index (χ2n) is 5.43. The molecule has 2 aromatic rings. The second kappa shape index (κ2) is 4.49. The Kier molecular flexibility index (Phi) is 3.20. The molecule has 92 valence electrons. The Morgan fingerprint density at radius 2 is 2.12 bits per heavy atom. The van der Waals surface area contributed by atoms with Gasteiger partial charge in [0.15, 0.2) is 0 Å². The monoisotopic (exact) mass is 231 g/mol. The largest absolute Gasteiger partial charge is 0.342 e. The average Bonchev–Trinajstić information content (AvgIpc) is 2.70. The van der Waals surface area contributed by atoms with Gasteiger partial charge < -0.3 is 10.7 Å². The van der Waals surface area contributed by atoms with E-state index in [1.54, 1.807) is 0 Å². The van der Waals surface area contributed by atoms with Gasteiger partial charge in [-0.1, -0.05) is 26.8 Å². The van der Waals surface area contributed by atoms with Crippen molar-refractivity contribution in [2.75, 3.05) is 6.54 Å². The lowest BCUT2D eigenvalue weighted by Crippen LogP contribution is -2.25. The zero-order chi connectivity index (χ0) is 12.5. The lowest BCUT2D eigenvalue weighted by molar-refractivity contribution is 0.377. The topological polar surface area (TPSA) is 54.7 Å². The smallest absolute Gasteiger partial charge is 0.106 e. The number of rotatable bonds is 4. The van der Waals surface area contributed by atoms with E-state index >= 15 is 0 Å². The molecular weight excluding hydrogens is 210 g/mol. The molecule has 0 amide bonds. The third-order valence-corrected chi connectivity index (χ3v) is 3.17. The summed E-state index contributed by atoms with van der Waals surface area (Å²) >= 11 is 0. The third-order valence-electron chi connectivity index (χ3n) is 3.17. The van der Waals surface area contributed by atoms with E-state index in [1.165, 1.54) is 5.56 Å². The van der Waals surface area contributed by atoms with E-state index in [-0.39, 0.29) is 5.41 Å². The van der Waals surface area contributed by atoms with Crippen LogP contribution in [0.2, 0.25) is 0 Å². The molecule has 0 aliphatic rings. The summed E-state index contributed by atoms with van der Waals surface area (Å²) in [6.07, 6.45) is 1.94. The number of nitrogens with two attached hydrogens (primary N) is 1. The number of nitrogens with one attached hydrogen (secondary N) is 1. The lowest BCUT2D eigenvalue weighted by atomic mass is 9.86. The summed E-state index contributed by atoms with van der Waals surface area (Å²) in [5.74, 6) is 1.05. The third kappa shape index (κ3) is 2.67. The van der Waals surface area contributed by atoms with Gasteiger partial charge in [-0.3, -0.25) is 0 Å². The molecule has 0 spiro atoms. The van der Waals surface area contributed by atoms with Crippen molar-refractivity contribution >= 4 is 11.0 Å². The van der Waals surface area contributed by atoms with Gasteiger partial charge in [-0.05, 0) is 36.1 Å². The van der Waals surface area contributed by atoms with Crippen molar-refractivity contribution in [1.82, 2.24) is 9.97 Å². The summed E-state index contributed by atoms with van der Waals surface area (Å²) < 4.78 is 0. The highest BCUT2D eigenvalue weighted by Gasteiger charge is 2.16. The highest BCUT2D eigenvalue weighted by atomic mass is 14.9. The Bertz CT molecular complexity index is 511. The van der Waals surface area contributed by atoms with Gasteiger partial charge >= 0.3 is 0 Å². The van der Waals surface area contributed by atoms with Crippen LogP contribution in [0.1, 0.15) is 32.2 Å². The van der Waals surface area contributed by atoms with Crippen LogP contribution in [0.5, 0.6) is 0 Å². The maximum atomic E-state index is 5.77. The first kappa shape index (κ1) is 12.1. The van der Waals surface area contributed by atoms with Crippen molar-refractivity contribution < 1.29 is 0 Å². The lowest BCUT2D eigenvalue weighted by Gasteiger charge is -2.22. The first-order chi connectivity index (χ1) is 8.04. The molecular formula is C14H21N3. The van der Waals surface area contributed by atoms with E-state index < -0.39 is 0 Å². The highest BCUT2D eigenvalue weighted by molar-refractivity contribution is 5.75. The Balaban J connectivity index is 2.31. The number of aromatic amines is 1. The predicted molar refractivity (Wildman–Crippen MR) is 72.0 cm³/mol. The SMILES string of the molecule is CCc1nc2ccc(CC(C)(C)CN)cc2[nH]1. The Labute approximate surface area is 102 Å². The minimum atomic E-state index is 0.154. The van der Waals surface area contributed by atoms with Crippen LogP contribution in [-0.2, 0) is 12.8 Å². The van der Waals surface area contributed by atoms with Crippen molar-refractivity contribution in [2.45, 2.75) is 33.6 Å². The van der Waals surface area contributed by atoms with E-state index in [0.29, 0.717) is 6.54 Å². The van der Waals surface area contributed by atoms with E-state index in [4.69, 9.17) is 5.73 Å². The molecule has 0 radical (unpaired) electrons. The molecule has 0 atom stereocenters. The quantitative estimate of drug-likeness (QED) is 0.850. The summed E-state index contributed by atoms with van der Waals surface area (Å²) in [6.45, 7) is 7.20. The molecule has 3 nitrogen and oxygen atoms in total. The molecule has 0 unspecified atom stereocenters. The predicted octanol–water partition coefficient (Wildman–Crippen LogP) is 2.65. The van der Waals surface area contributed by atoms with Gasteiger partial charge in [0.1, 0.15) is 5.82 Å². The second-order valence-corrected chi connectivity index (χ2v) is 5.43. The van der Waals surface area contributed by atoms with Crippen LogP contribution in [-0.4, -0.2) is 16.5 Å². The van der Waals surface area contributed by atoms with Gasteiger partial charge in [0.05, 0.1) is 11.0 Å². The van der Waals surface area contributed by atoms with Crippen molar-refractivity contribution in [3.63, 3.8) is 0 Å². The maximum Gasteiger partial charge on any atom is 0.106 e. The van der Waals surface area contributed by atoms with Crippen LogP contribution in [0.15, 0.2) is 18.2 Å². The van der Waals surface area contributed by atoms with Gasteiger partial charge in [0.25, 0.3) is 0 Å². The zero-order valence-electron chi connectivity index (χ0n) is 10.9. The van der Waals surface area contributed by atoms with Gasteiger partial charge in [0, 0.05) is 6.42 Å². The van der Waals surface area contributed by atoms with Gasteiger partial charge in [0.2, 0.25) is 0 Å². The van der Waals surface area contributed by atoms with E-state index in [1.807, 2.05) is 0 Å². The number of imidazole rings is 1. The highest BCUT2D eigenvalue weighted by Crippen LogP contribution is 2.22. The molecule has 0 saturated heterocycles. The number of nitrogens with zero attached hydrogens (tertiary/aromatic N) is 1. The molecule has 3 heteroatoms. The number of hydrogen-bond donors (Lipinski definition) is 2. The molecule has 0 saturated carbocycles. The normalized spacial score (nSPS) is 12.2. The van der Waals surface area contributed by atoms with Crippen LogP contribution in [0.4, 0.5) is 0 Å². The van der Waals surface area contributed by atoms with Crippen LogP contribution < -0.4 is 5.73 Å². The maximum absolute atomic E-state index is 5.77. The molecule has 1 aromatic carbocycles. The van der Waals surface area contributed by atoms with Crippen molar-refractivity contribution in [3.05, 3.63) is 29.6 Å². The molecule has 0 aliphatic carbocycles. The first-order valence-electron chi connectivity index (χ1n) is 6.21. The molecule has 1 aromatic heterocycles. The fourth-order valence-corrected chi connectivity index (χ4v) is 2.01. The summed E-state index contributed by atoms with van der Waals surface area (Å²) in [7, 11) is 0. The fraction of sp³-hybridized carbons (Fsp3) is 0.500. The molecule has 3 N–H and O–H groups in total. The summed E-state index contributed by atoms with van der Waals surface area (Å²) in [6, 6.07) is 6.44. The van der Waals surface area contributed by atoms with Gasteiger partial charge in [-0.25, -0.2) is 4.98 Å². The minimum absolute atomic E-state index is 0.154. The number of hydrogen-bond acceptors (Lipinski definition) is 2. The molecule has 0 fully saturated rings. The number of aromatic nitrogens is 2. The molecule has 1 heterocycles. The molecule has 17 heavy (non-hydrogen) atoms. The number of H-pyrrole nitrogens is 1. The summed E-state index contributed by atoms with van der Waals surface area (Å²) in [5, 5.41) is 0. The van der Waals surface area contributed by atoms with Crippen LogP contribution in [0.25, 0.3) is 11.0 Å². The standard InChI is InChI=1S/C14H21N3/c1-4-13-16-11-6-5-10(7-12(11)17-13)8-14(2,3)9-15/h5-7H,4,8-9,15H2,1-3H3,(H,16,17). The summed E-state index contributed by atoms with van der Waals surface area (Å²) in [5.41, 5.74) is 9.43. The minimum Gasteiger partial charge on any atom is -0.342 e. The van der Waals surface area contributed by atoms with Gasteiger partial charge in [-0.15, -0.1) is 0 Å². The van der Waals surface area contributed by atoms with Crippen LogP contribution in [0.3, 0.4) is 0 Å². The zero-order valence-corrected chi connectivity index (χ0v) is 10.9. The van der Waals surface area contributed by atoms with E-state index in [0.717, 1.165) is 29.7 Å². The van der Waals surface area contributed by atoms with Crippen LogP contribution in [0, 0.1) is 5.41 Å². The average molecular weight is 231 g/mol. The Hall–Kier alpha value is -1.35. The number of benzene rings is 1. The van der Waals surface area contributed by atoms with Crippen molar-refractivity contribution in [1.29, 1.82) is 0 Å². The van der Waals surface area contributed by atoms with Crippen molar-refractivity contribution in [2.24, 2.45) is 11.1 Å². The Morgan fingerprint density at radius 1 is 1.35 bits per heavy atom. The van der Waals surface area contributed by atoms with E-state index in [2.05, 4.69) is 48.9 Å². The summed E-state index contributed by atoms with van der Waals surface area (Å²) in [4.78, 5) is 7.86. The number of fused-ring (bicyclic) bond motifs is 1. The molecule has 0 bridgehead atoms. The number of aryl methyl sites for hydroxylation is 1. The fourth-order valence-electron chi connectivity index (χ4n) is 2.01.